The Hall–Kier alpha value is -2.32. The fourth-order valence-corrected chi connectivity index (χ4v) is 2.42. The van der Waals surface area contributed by atoms with E-state index < -0.39 is 9.84 Å². The zero-order valence-electron chi connectivity index (χ0n) is 11.0. The van der Waals surface area contributed by atoms with Crippen LogP contribution in [0.5, 0.6) is 0 Å². The summed E-state index contributed by atoms with van der Waals surface area (Å²) in [6.45, 7) is 0.530. The Morgan fingerprint density at radius 1 is 1.10 bits per heavy atom. The molecular weight excluding hydrogens is 272 g/mol. The summed E-state index contributed by atoms with van der Waals surface area (Å²) in [4.78, 5) is 0.304. The van der Waals surface area contributed by atoms with Crippen molar-refractivity contribution in [3.63, 3.8) is 0 Å². The maximum absolute atomic E-state index is 11.4. The second-order valence-electron chi connectivity index (χ2n) is 4.43. The van der Waals surface area contributed by atoms with E-state index in [2.05, 4.69) is 11.4 Å². The van der Waals surface area contributed by atoms with Gasteiger partial charge in [-0.2, -0.15) is 5.26 Å². The van der Waals surface area contributed by atoms with Gasteiger partial charge in [-0.1, -0.05) is 24.3 Å². The molecule has 0 heterocycles. The van der Waals surface area contributed by atoms with Crippen molar-refractivity contribution < 1.29 is 8.42 Å². The van der Waals surface area contributed by atoms with Crippen molar-refractivity contribution in [3.05, 3.63) is 59.7 Å². The Kier molecular flexibility index (Phi) is 4.06. The molecule has 102 valence electrons. The van der Waals surface area contributed by atoms with Crippen LogP contribution in [0.4, 0.5) is 5.69 Å². The highest BCUT2D eigenvalue weighted by Crippen LogP contribution is 2.16. The SMILES string of the molecule is CS(=O)(=O)c1ccc(CNc2ccccc2C#N)cc1. The summed E-state index contributed by atoms with van der Waals surface area (Å²) in [6, 6.07) is 16.1. The van der Waals surface area contributed by atoms with Gasteiger partial charge in [-0.15, -0.1) is 0 Å². The largest absolute Gasteiger partial charge is 0.380 e. The van der Waals surface area contributed by atoms with Crippen LogP contribution in [0.3, 0.4) is 0 Å². The van der Waals surface area contributed by atoms with E-state index >= 15 is 0 Å². The maximum atomic E-state index is 11.4. The van der Waals surface area contributed by atoms with Gasteiger partial charge in [-0.3, -0.25) is 0 Å². The average Bonchev–Trinajstić information content (AvgIpc) is 2.45. The first-order valence-corrected chi connectivity index (χ1v) is 7.92. The number of rotatable bonds is 4. The maximum Gasteiger partial charge on any atom is 0.175 e. The highest BCUT2D eigenvalue weighted by molar-refractivity contribution is 7.90. The molecule has 2 aromatic carbocycles. The summed E-state index contributed by atoms with van der Waals surface area (Å²) in [5, 5.41) is 12.2. The van der Waals surface area contributed by atoms with E-state index in [9.17, 15) is 8.42 Å². The van der Waals surface area contributed by atoms with Crippen LogP contribution in [0.25, 0.3) is 0 Å². The van der Waals surface area contributed by atoms with Gasteiger partial charge in [0.1, 0.15) is 6.07 Å². The van der Waals surface area contributed by atoms with E-state index in [1.807, 2.05) is 18.2 Å². The first-order valence-electron chi connectivity index (χ1n) is 6.03. The number of nitriles is 1. The van der Waals surface area contributed by atoms with Crippen LogP contribution in [0.2, 0.25) is 0 Å². The molecule has 0 radical (unpaired) electrons. The third kappa shape index (κ3) is 3.37. The van der Waals surface area contributed by atoms with Crippen molar-refractivity contribution in [2.24, 2.45) is 0 Å². The van der Waals surface area contributed by atoms with Crippen LogP contribution >= 0.6 is 0 Å². The van der Waals surface area contributed by atoms with Crippen LogP contribution in [-0.2, 0) is 16.4 Å². The van der Waals surface area contributed by atoms with E-state index in [1.165, 1.54) is 6.26 Å². The van der Waals surface area contributed by atoms with Crippen molar-refractivity contribution in [1.82, 2.24) is 0 Å². The molecule has 1 N–H and O–H groups in total. The van der Waals surface area contributed by atoms with Gasteiger partial charge in [0.15, 0.2) is 9.84 Å². The summed E-state index contributed by atoms with van der Waals surface area (Å²) >= 11 is 0. The molecule has 0 aliphatic heterocycles. The second kappa shape index (κ2) is 5.76. The third-order valence-corrected chi connectivity index (χ3v) is 4.01. The van der Waals surface area contributed by atoms with Crippen molar-refractivity contribution in [1.29, 1.82) is 5.26 Å². The monoisotopic (exact) mass is 286 g/mol. The molecule has 20 heavy (non-hydrogen) atoms. The molecule has 0 atom stereocenters. The molecule has 0 spiro atoms. The minimum Gasteiger partial charge on any atom is -0.380 e. The molecule has 5 heteroatoms. The number of para-hydroxylation sites is 1. The molecule has 2 rings (SSSR count). The van der Waals surface area contributed by atoms with Gasteiger partial charge < -0.3 is 5.32 Å². The normalized spacial score (nSPS) is 10.8. The summed E-state index contributed by atoms with van der Waals surface area (Å²) < 4.78 is 22.7. The fourth-order valence-electron chi connectivity index (χ4n) is 1.79. The summed E-state index contributed by atoms with van der Waals surface area (Å²) in [5.74, 6) is 0. The lowest BCUT2D eigenvalue weighted by Gasteiger charge is -2.08. The number of benzene rings is 2. The Morgan fingerprint density at radius 2 is 1.75 bits per heavy atom. The zero-order valence-corrected chi connectivity index (χ0v) is 11.8. The third-order valence-electron chi connectivity index (χ3n) is 2.88. The highest BCUT2D eigenvalue weighted by Gasteiger charge is 2.06. The Labute approximate surface area is 118 Å². The zero-order chi connectivity index (χ0) is 14.6. The fraction of sp³-hybridized carbons (Fsp3) is 0.133. The first kappa shape index (κ1) is 14.1. The van der Waals surface area contributed by atoms with E-state index in [1.54, 1.807) is 30.3 Å². The van der Waals surface area contributed by atoms with E-state index in [0.717, 1.165) is 11.3 Å². The lowest BCUT2D eigenvalue weighted by Crippen LogP contribution is -2.02. The number of nitrogens with zero attached hydrogens (tertiary/aromatic N) is 1. The lowest BCUT2D eigenvalue weighted by atomic mass is 10.1. The Balaban J connectivity index is 2.10. The molecule has 0 saturated heterocycles. The summed E-state index contributed by atoms with van der Waals surface area (Å²) in [5.41, 5.74) is 2.30. The molecule has 2 aromatic rings. The predicted molar refractivity (Wildman–Crippen MR) is 78.0 cm³/mol. The minimum atomic E-state index is -3.16. The van der Waals surface area contributed by atoms with Crippen molar-refractivity contribution in [2.45, 2.75) is 11.4 Å². The van der Waals surface area contributed by atoms with Gasteiger partial charge in [0.05, 0.1) is 16.1 Å². The van der Waals surface area contributed by atoms with Gasteiger partial charge in [0.2, 0.25) is 0 Å². The molecule has 0 fully saturated rings. The summed E-state index contributed by atoms with van der Waals surface area (Å²) in [6.07, 6.45) is 1.18. The lowest BCUT2D eigenvalue weighted by molar-refractivity contribution is 0.602. The topological polar surface area (TPSA) is 70.0 Å². The number of sulfone groups is 1. The van der Waals surface area contributed by atoms with Gasteiger partial charge in [-0.25, -0.2) is 8.42 Å². The number of nitrogens with one attached hydrogen (secondary N) is 1. The number of hydrogen-bond donors (Lipinski definition) is 1. The van der Waals surface area contributed by atoms with E-state index in [0.29, 0.717) is 17.0 Å². The standard InChI is InChI=1S/C15H14N2O2S/c1-20(18,19)14-8-6-12(7-9-14)11-17-15-5-3-2-4-13(15)10-16/h2-9,17H,11H2,1H3. The molecule has 0 aliphatic rings. The number of anilines is 1. The minimum absolute atomic E-state index is 0.304. The molecule has 0 amide bonds. The van der Waals surface area contributed by atoms with Crippen molar-refractivity contribution in [3.8, 4) is 6.07 Å². The van der Waals surface area contributed by atoms with Gasteiger partial charge in [-0.05, 0) is 29.8 Å². The molecular formula is C15H14N2O2S. The van der Waals surface area contributed by atoms with Crippen LogP contribution in [0.15, 0.2) is 53.4 Å². The predicted octanol–water partition coefficient (Wildman–Crippen LogP) is 2.57. The molecule has 4 nitrogen and oxygen atoms in total. The molecule has 0 bridgehead atoms. The van der Waals surface area contributed by atoms with Crippen LogP contribution in [0, 0.1) is 11.3 Å². The Morgan fingerprint density at radius 3 is 2.35 bits per heavy atom. The van der Waals surface area contributed by atoms with Crippen molar-refractivity contribution >= 4 is 15.5 Å². The molecule has 0 saturated carbocycles. The highest BCUT2D eigenvalue weighted by atomic mass is 32.2. The van der Waals surface area contributed by atoms with Gasteiger partial charge in [0, 0.05) is 12.8 Å². The van der Waals surface area contributed by atoms with Crippen LogP contribution in [0.1, 0.15) is 11.1 Å². The smallest absolute Gasteiger partial charge is 0.175 e. The van der Waals surface area contributed by atoms with Crippen LogP contribution in [-0.4, -0.2) is 14.7 Å². The Bertz CT molecular complexity index is 744. The van der Waals surface area contributed by atoms with Gasteiger partial charge in [0.25, 0.3) is 0 Å². The average molecular weight is 286 g/mol. The van der Waals surface area contributed by atoms with E-state index in [-0.39, 0.29) is 0 Å². The van der Waals surface area contributed by atoms with E-state index in [4.69, 9.17) is 5.26 Å². The molecule has 0 aromatic heterocycles. The quantitative estimate of drug-likeness (QED) is 0.937. The second-order valence-corrected chi connectivity index (χ2v) is 6.44. The van der Waals surface area contributed by atoms with Crippen LogP contribution < -0.4 is 5.32 Å². The first-order chi connectivity index (χ1) is 9.50. The summed E-state index contributed by atoms with van der Waals surface area (Å²) in [7, 11) is -3.16. The van der Waals surface area contributed by atoms with Crippen molar-refractivity contribution in [2.75, 3.05) is 11.6 Å². The molecule has 0 unspecified atom stereocenters. The van der Waals surface area contributed by atoms with Gasteiger partial charge >= 0.3 is 0 Å². The molecule has 0 aliphatic carbocycles. The number of hydrogen-bond acceptors (Lipinski definition) is 4.